The Morgan fingerprint density at radius 2 is 2.09 bits per heavy atom. The number of anilines is 1. The third kappa shape index (κ3) is 2.63. The van der Waals surface area contributed by atoms with Gasteiger partial charge in [0.05, 0.1) is 19.0 Å². The zero-order chi connectivity index (χ0) is 15.7. The lowest BCUT2D eigenvalue weighted by Crippen LogP contribution is -2.12. The molecule has 1 amide bonds. The van der Waals surface area contributed by atoms with Crippen molar-refractivity contribution < 1.29 is 9.53 Å². The van der Waals surface area contributed by atoms with E-state index in [1.165, 1.54) is 0 Å². The lowest BCUT2D eigenvalue weighted by Gasteiger charge is -2.08. The maximum atomic E-state index is 12.3. The van der Waals surface area contributed by atoms with Crippen LogP contribution >= 0.6 is 0 Å². The number of carbonyl (C=O) groups excluding carboxylic acids is 1. The molecule has 22 heavy (non-hydrogen) atoms. The van der Waals surface area contributed by atoms with E-state index in [4.69, 9.17) is 4.74 Å². The zero-order valence-corrected chi connectivity index (χ0v) is 12.6. The van der Waals surface area contributed by atoms with Crippen LogP contribution in [0.3, 0.4) is 0 Å². The number of fused-ring (bicyclic) bond motifs is 1. The Morgan fingerprint density at radius 1 is 1.27 bits per heavy atom. The van der Waals surface area contributed by atoms with Crippen molar-refractivity contribution in [2.75, 3.05) is 12.4 Å². The van der Waals surface area contributed by atoms with Gasteiger partial charge in [0.2, 0.25) is 0 Å². The molecule has 0 aliphatic heterocycles. The maximum Gasteiger partial charge on any atom is 0.255 e. The van der Waals surface area contributed by atoms with Gasteiger partial charge in [-0.05, 0) is 43.7 Å². The minimum Gasteiger partial charge on any atom is -0.497 e. The minimum absolute atomic E-state index is 0.200. The highest BCUT2D eigenvalue weighted by atomic mass is 16.5. The van der Waals surface area contributed by atoms with Crippen molar-refractivity contribution in [3.63, 3.8) is 0 Å². The number of amides is 1. The molecule has 0 fully saturated rings. The fraction of sp³-hybridized carbons (Fsp3) is 0.188. The molecule has 1 N–H and O–H groups in total. The molecule has 6 heteroatoms. The summed E-state index contributed by atoms with van der Waals surface area (Å²) in [7, 11) is 1.57. The molecule has 2 aromatic heterocycles. The number of benzene rings is 1. The van der Waals surface area contributed by atoms with Crippen LogP contribution in [0.1, 0.15) is 21.7 Å². The van der Waals surface area contributed by atoms with Gasteiger partial charge in [-0.15, -0.1) is 0 Å². The second-order valence-corrected chi connectivity index (χ2v) is 5.03. The Balaban J connectivity index is 1.90. The molecule has 0 aliphatic carbocycles. The first kappa shape index (κ1) is 14.1. The predicted octanol–water partition coefficient (Wildman–Crippen LogP) is 2.61. The molecule has 0 bridgehead atoms. The van der Waals surface area contributed by atoms with Crippen LogP contribution in [0.4, 0.5) is 5.69 Å². The Bertz CT molecular complexity index is 854. The van der Waals surface area contributed by atoms with Crippen LogP contribution in [0.25, 0.3) is 5.65 Å². The highest BCUT2D eigenvalue weighted by Gasteiger charge is 2.10. The first-order valence-corrected chi connectivity index (χ1v) is 6.86. The van der Waals surface area contributed by atoms with Crippen molar-refractivity contribution in [3.05, 3.63) is 53.5 Å². The van der Waals surface area contributed by atoms with E-state index in [9.17, 15) is 4.79 Å². The molecular formula is C16H16N4O2. The Hall–Kier alpha value is -2.89. The number of methoxy groups -OCH3 is 1. The topological polar surface area (TPSA) is 68.5 Å². The van der Waals surface area contributed by atoms with E-state index >= 15 is 0 Å². The van der Waals surface area contributed by atoms with Crippen LogP contribution < -0.4 is 10.1 Å². The van der Waals surface area contributed by atoms with Crippen molar-refractivity contribution in [2.45, 2.75) is 13.8 Å². The Labute approximate surface area is 127 Å². The highest BCUT2D eigenvalue weighted by Crippen LogP contribution is 2.17. The maximum absolute atomic E-state index is 12.3. The molecule has 2 heterocycles. The molecule has 0 atom stereocenters. The lowest BCUT2D eigenvalue weighted by atomic mass is 10.2. The molecule has 0 aliphatic rings. The average molecular weight is 296 g/mol. The van der Waals surface area contributed by atoms with E-state index in [0.29, 0.717) is 22.8 Å². The molecule has 0 saturated heterocycles. The van der Waals surface area contributed by atoms with Gasteiger partial charge >= 0.3 is 0 Å². The van der Waals surface area contributed by atoms with Gasteiger partial charge in [0, 0.05) is 5.56 Å². The fourth-order valence-electron chi connectivity index (χ4n) is 2.29. The summed E-state index contributed by atoms with van der Waals surface area (Å²) in [6, 6.07) is 8.89. The summed E-state index contributed by atoms with van der Waals surface area (Å²) in [5, 5.41) is 7.14. The van der Waals surface area contributed by atoms with Crippen LogP contribution in [0.2, 0.25) is 0 Å². The normalized spacial score (nSPS) is 10.7. The highest BCUT2D eigenvalue weighted by molar-refractivity contribution is 6.04. The van der Waals surface area contributed by atoms with Crippen LogP contribution in [0.15, 0.2) is 36.5 Å². The number of pyridine rings is 1. The number of carbonyl (C=O) groups is 1. The van der Waals surface area contributed by atoms with Gasteiger partial charge in [-0.1, -0.05) is 6.07 Å². The summed E-state index contributed by atoms with van der Waals surface area (Å²) in [5.41, 5.74) is 2.94. The molecule has 6 nitrogen and oxygen atoms in total. The van der Waals surface area contributed by atoms with Gasteiger partial charge in [-0.3, -0.25) is 4.79 Å². The van der Waals surface area contributed by atoms with Crippen molar-refractivity contribution >= 4 is 17.2 Å². The smallest absolute Gasteiger partial charge is 0.255 e. The molecule has 0 unspecified atom stereocenters. The average Bonchev–Trinajstić information content (AvgIpc) is 2.88. The van der Waals surface area contributed by atoms with Crippen molar-refractivity contribution in [3.8, 4) is 5.75 Å². The summed E-state index contributed by atoms with van der Waals surface area (Å²) >= 11 is 0. The van der Waals surface area contributed by atoms with Crippen molar-refractivity contribution in [1.29, 1.82) is 0 Å². The number of aryl methyl sites for hydroxylation is 2. The molecule has 0 spiro atoms. The van der Waals surface area contributed by atoms with Gasteiger partial charge in [0.1, 0.15) is 11.6 Å². The van der Waals surface area contributed by atoms with Gasteiger partial charge in [0.25, 0.3) is 5.91 Å². The van der Waals surface area contributed by atoms with E-state index in [1.807, 2.05) is 19.9 Å². The van der Waals surface area contributed by atoms with Gasteiger partial charge in [-0.25, -0.2) is 9.50 Å². The van der Waals surface area contributed by atoms with Gasteiger partial charge in [-0.2, -0.15) is 5.10 Å². The first-order valence-electron chi connectivity index (χ1n) is 6.86. The number of nitrogens with zero attached hydrogens (tertiary/aromatic N) is 3. The third-order valence-corrected chi connectivity index (χ3v) is 3.31. The number of aromatic nitrogens is 3. The molecule has 3 rings (SSSR count). The number of hydrogen-bond donors (Lipinski definition) is 1. The Morgan fingerprint density at radius 3 is 2.86 bits per heavy atom. The monoisotopic (exact) mass is 296 g/mol. The molecular weight excluding hydrogens is 280 g/mol. The zero-order valence-electron chi connectivity index (χ0n) is 12.6. The quantitative estimate of drug-likeness (QED) is 0.806. The second-order valence-electron chi connectivity index (χ2n) is 5.03. The summed E-state index contributed by atoms with van der Waals surface area (Å²) in [5.74, 6) is 1.14. The van der Waals surface area contributed by atoms with Crippen LogP contribution in [0.5, 0.6) is 5.75 Å². The van der Waals surface area contributed by atoms with Crippen molar-refractivity contribution in [1.82, 2.24) is 14.6 Å². The molecule has 112 valence electrons. The minimum atomic E-state index is -0.200. The summed E-state index contributed by atoms with van der Waals surface area (Å²) < 4.78 is 6.80. The van der Waals surface area contributed by atoms with E-state index in [-0.39, 0.29) is 5.91 Å². The number of rotatable bonds is 3. The molecule has 0 saturated carbocycles. The summed E-state index contributed by atoms with van der Waals surface area (Å²) in [4.78, 5) is 16.7. The largest absolute Gasteiger partial charge is 0.497 e. The SMILES string of the molecule is COc1cccc(C(=O)Nc2cc(C)c3nc(C)nn3c2)c1. The standard InChI is InChI=1S/C16H16N4O2/c1-10-7-13(9-20-15(10)17-11(2)19-20)18-16(21)12-5-4-6-14(8-12)22-3/h4-9H,1-3H3,(H,18,21). The molecule has 0 radical (unpaired) electrons. The summed E-state index contributed by atoms with van der Waals surface area (Å²) in [6.45, 7) is 3.77. The Kier molecular flexibility index (Phi) is 3.50. The third-order valence-electron chi connectivity index (χ3n) is 3.31. The van der Waals surface area contributed by atoms with Crippen LogP contribution in [-0.4, -0.2) is 27.6 Å². The first-order chi connectivity index (χ1) is 10.6. The van der Waals surface area contributed by atoms with Crippen LogP contribution in [-0.2, 0) is 0 Å². The van der Waals surface area contributed by atoms with Gasteiger partial charge < -0.3 is 10.1 Å². The number of nitrogens with one attached hydrogen (secondary N) is 1. The number of hydrogen-bond acceptors (Lipinski definition) is 4. The van der Waals surface area contributed by atoms with Crippen molar-refractivity contribution in [2.24, 2.45) is 0 Å². The predicted molar refractivity (Wildman–Crippen MR) is 83.4 cm³/mol. The lowest BCUT2D eigenvalue weighted by molar-refractivity contribution is 0.102. The van der Waals surface area contributed by atoms with E-state index in [2.05, 4.69) is 15.4 Å². The fourth-order valence-corrected chi connectivity index (χ4v) is 2.29. The van der Waals surface area contributed by atoms with Crippen LogP contribution in [0, 0.1) is 13.8 Å². The van der Waals surface area contributed by atoms with Gasteiger partial charge in [0.15, 0.2) is 5.65 Å². The second kappa shape index (κ2) is 5.48. The molecule has 3 aromatic rings. The van der Waals surface area contributed by atoms with E-state index < -0.39 is 0 Å². The van der Waals surface area contributed by atoms with E-state index in [1.54, 1.807) is 42.1 Å². The van der Waals surface area contributed by atoms with E-state index in [0.717, 1.165) is 11.2 Å². The molecule has 1 aromatic carbocycles. The number of ether oxygens (including phenoxy) is 1. The summed E-state index contributed by atoms with van der Waals surface area (Å²) in [6.07, 6.45) is 1.75.